The lowest BCUT2D eigenvalue weighted by atomic mass is 10.0. The van der Waals surface area contributed by atoms with E-state index in [-0.39, 0.29) is 19.3 Å². The summed E-state index contributed by atoms with van der Waals surface area (Å²) in [6.45, 7) is 0.483. The zero-order chi connectivity index (χ0) is 13.3. The van der Waals surface area contributed by atoms with Gasteiger partial charge in [0.15, 0.2) is 0 Å². The maximum absolute atomic E-state index is 11.4. The Kier molecular flexibility index (Phi) is 8.11. The van der Waals surface area contributed by atoms with Gasteiger partial charge in [-0.15, -0.1) is 0 Å². The molecule has 1 aliphatic rings. The summed E-state index contributed by atoms with van der Waals surface area (Å²) in [5, 5.41) is 9.71. The summed E-state index contributed by atoms with van der Waals surface area (Å²) in [5.41, 5.74) is 0. The Morgan fingerprint density at radius 1 is 0.833 bits per heavy atom. The lowest BCUT2D eigenvalue weighted by molar-refractivity contribution is 0.135. The SMILES string of the molecule is O=P1(O)OCCCCCCCC(O)CCCCO1. The zero-order valence-electron chi connectivity index (χ0n) is 10.9. The fourth-order valence-electron chi connectivity index (χ4n) is 2.04. The van der Waals surface area contributed by atoms with Gasteiger partial charge in [-0.1, -0.05) is 25.7 Å². The number of phosphoric acid groups is 1. The monoisotopic (exact) mass is 280 g/mol. The number of phosphoric ester groups is 1. The molecule has 6 heteroatoms. The van der Waals surface area contributed by atoms with Gasteiger partial charge in [0.2, 0.25) is 0 Å². The first-order chi connectivity index (χ1) is 8.60. The second kappa shape index (κ2) is 9.05. The van der Waals surface area contributed by atoms with Gasteiger partial charge in [0, 0.05) is 0 Å². The number of aliphatic hydroxyl groups is 1. The van der Waals surface area contributed by atoms with Gasteiger partial charge < -0.3 is 10.00 Å². The number of hydrogen-bond donors (Lipinski definition) is 2. The maximum atomic E-state index is 11.4. The average molecular weight is 280 g/mol. The fourth-order valence-corrected chi connectivity index (χ4v) is 2.83. The third-order valence-corrected chi connectivity index (χ3v) is 4.14. The molecule has 108 valence electrons. The Morgan fingerprint density at radius 2 is 1.28 bits per heavy atom. The minimum absolute atomic E-state index is 0.209. The van der Waals surface area contributed by atoms with E-state index in [0.717, 1.165) is 51.4 Å². The lowest BCUT2D eigenvalue weighted by Crippen LogP contribution is -2.06. The van der Waals surface area contributed by atoms with E-state index in [9.17, 15) is 14.6 Å². The quantitative estimate of drug-likeness (QED) is 0.667. The summed E-state index contributed by atoms with van der Waals surface area (Å²) < 4.78 is 21.1. The minimum Gasteiger partial charge on any atom is -0.393 e. The summed E-state index contributed by atoms with van der Waals surface area (Å²) in [4.78, 5) is 9.35. The molecule has 0 saturated carbocycles. The van der Waals surface area contributed by atoms with Gasteiger partial charge in [0.05, 0.1) is 19.3 Å². The summed E-state index contributed by atoms with van der Waals surface area (Å²) in [6, 6.07) is 0. The summed E-state index contributed by atoms with van der Waals surface area (Å²) in [6.07, 6.45) is 7.81. The molecule has 0 aromatic carbocycles. The minimum atomic E-state index is -3.85. The molecule has 18 heavy (non-hydrogen) atoms. The van der Waals surface area contributed by atoms with Gasteiger partial charge in [-0.05, 0) is 32.1 Å². The van der Waals surface area contributed by atoms with Crippen LogP contribution in [0.1, 0.15) is 57.8 Å². The van der Waals surface area contributed by atoms with Crippen molar-refractivity contribution in [2.45, 2.75) is 63.9 Å². The normalized spacial score (nSPS) is 34.4. The van der Waals surface area contributed by atoms with Gasteiger partial charge in [-0.25, -0.2) is 4.57 Å². The van der Waals surface area contributed by atoms with Gasteiger partial charge in [-0.2, -0.15) is 0 Å². The van der Waals surface area contributed by atoms with Crippen LogP contribution in [0.15, 0.2) is 0 Å². The molecule has 0 spiro atoms. The van der Waals surface area contributed by atoms with E-state index in [1.165, 1.54) is 0 Å². The zero-order valence-corrected chi connectivity index (χ0v) is 11.8. The predicted molar refractivity (Wildman–Crippen MR) is 69.3 cm³/mol. The first-order valence-corrected chi connectivity index (χ1v) is 8.40. The Balaban J connectivity index is 2.31. The molecule has 2 N–H and O–H groups in total. The lowest BCUT2D eigenvalue weighted by Gasteiger charge is -2.12. The maximum Gasteiger partial charge on any atom is 0.472 e. The molecule has 2 atom stereocenters. The van der Waals surface area contributed by atoms with Crippen LogP contribution in [0.5, 0.6) is 0 Å². The first-order valence-electron chi connectivity index (χ1n) is 6.90. The van der Waals surface area contributed by atoms with Crippen LogP contribution in [0.3, 0.4) is 0 Å². The topological polar surface area (TPSA) is 76.0 Å². The molecule has 0 amide bonds. The number of rotatable bonds is 0. The molecule has 1 saturated heterocycles. The highest BCUT2D eigenvalue weighted by atomic mass is 31.2. The van der Waals surface area contributed by atoms with Crippen LogP contribution >= 0.6 is 7.82 Å². The Labute approximate surface area is 109 Å². The van der Waals surface area contributed by atoms with Crippen molar-refractivity contribution in [3.63, 3.8) is 0 Å². The Morgan fingerprint density at radius 3 is 1.94 bits per heavy atom. The molecular formula is C12H25O5P. The van der Waals surface area contributed by atoms with Crippen molar-refractivity contribution >= 4 is 7.82 Å². The van der Waals surface area contributed by atoms with Crippen LogP contribution in [-0.4, -0.2) is 29.3 Å². The van der Waals surface area contributed by atoms with Gasteiger partial charge >= 0.3 is 7.82 Å². The molecular weight excluding hydrogens is 255 g/mol. The Bertz CT molecular complexity index is 259. The first kappa shape index (κ1) is 16.1. The smallest absolute Gasteiger partial charge is 0.393 e. The van der Waals surface area contributed by atoms with Crippen LogP contribution in [0.25, 0.3) is 0 Å². The van der Waals surface area contributed by atoms with Crippen molar-refractivity contribution in [1.82, 2.24) is 0 Å². The van der Waals surface area contributed by atoms with Crippen molar-refractivity contribution in [2.24, 2.45) is 0 Å². The van der Waals surface area contributed by atoms with E-state index in [1.54, 1.807) is 0 Å². The third-order valence-electron chi connectivity index (χ3n) is 3.12. The standard InChI is InChI=1S/C12H25O5P/c13-12-8-4-2-1-3-6-10-16-18(14,15)17-11-7-5-9-12/h12-13H,1-11H2,(H,14,15). The van der Waals surface area contributed by atoms with E-state index < -0.39 is 7.82 Å². The van der Waals surface area contributed by atoms with E-state index in [2.05, 4.69) is 0 Å². The molecule has 0 aromatic heterocycles. The highest BCUT2D eigenvalue weighted by Gasteiger charge is 2.20. The second-order valence-electron chi connectivity index (χ2n) is 4.84. The Hall–Kier alpha value is 0.0700. The van der Waals surface area contributed by atoms with Crippen molar-refractivity contribution in [2.75, 3.05) is 13.2 Å². The van der Waals surface area contributed by atoms with Crippen LogP contribution in [0, 0.1) is 0 Å². The number of hydrogen-bond acceptors (Lipinski definition) is 4. The predicted octanol–water partition coefficient (Wildman–Crippen LogP) is 3.01. The molecule has 1 aliphatic heterocycles. The van der Waals surface area contributed by atoms with Gasteiger partial charge in [0.25, 0.3) is 0 Å². The molecule has 0 aliphatic carbocycles. The number of aliphatic hydroxyl groups excluding tert-OH is 1. The largest absolute Gasteiger partial charge is 0.472 e. The van der Waals surface area contributed by atoms with Crippen LogP contribution < -0.4 is 0 Å². The molecule has 1 heterocycles. The average Bonchev–Trinajstić information content (AvgIpc) is 2.31. The van der Waals surface area contributed by atoms with E-state index >= 15 is 0 Å². The molecule has 0 bridgehead atoms. The second-order valence-corrected chi connectivity index (χ2v) is 6.29. The van der Waals surface area contributed by atoms with Gasteiger partial charge in [0.1, 0.15) is 0 Å². The molecule has 1 fully saturated rings. The van der Waals surface area contributed by atoms with Crippen molar-refractivity contribution < 1.29 is 23.6 Å². The van der Waals surface area contributed by atoms with Gasteiger partial charge in [-0.3, -0.25) is 9.05 Å². The van der Waals surface area contributed by atoms with Crippen LogP contribution in [0.4, 0.5) is 0 Å². The molecule has 2 unspecified atom stereocenters. The van der Waals surface area contributed by atoms with E-state index in [1.807, 2.05) is 0 Å². The molecule has 0 aromatic rings. The molecule has 5 nitrogen and oxygen atoms in total. The van der Waals surface area contributed by atoms with Crippen molar-refractivity contribution in [3.8, 4) is 0 Å². The highest BCUT2D eigenvalue weighted by molar-refractivity contribution is 7.47. The fraction of sp³-hybridized carbons (Fsp3) is 1.00. The highest BCUT2D eigenvalue weighted by Crippen LogP contribution is 2.43. The van der Waals surface area contributed by atoms with Crippen LogP contribution in [0.2, 0.25) is 0 Å². The summed E-state index contributed by atoms with van der Waals surface area (Å²) in [5.74, 6) is 0. The van der Waals surface area contributed by atoms with Crippen molar-refractivity contribution in [1.29, 1.82) is 0 Å². The summed E-state index contributed by atoms with van der Waals surface area (Å²) >= 11 is 0. The van der Waals surface area contributed by atoms with Crippen LogP contribution in [-0.2, 0) is 13.6 Å². The van der Waals surface area contributed by atoms with E-state index in [4.69, 9.17) is 9.05 Å². The molecule has 1 rings (SSSR count). The summed E-state index contributed by atoms with van der Waals surface area (Å²) in [7, 11) is -3.85. The van der Waals surface area contributed by atoms with E-state index in [0.29, 0.717) is 6.42 Å². The third kappa shape index (κ3) is 8.22. The molecule has 0 radical (unpaired) electrons. The van der Waals surface area contributed by atoms with Crippen molar-refractivity contribution in [3.05, 3.63) is 0 Å².